The lowest BCUT2D eigenvalue weighted by atomic mass is 10.2. The van der Waals surface area contributed by atoms with Gasteiger partial charge in [0, 0.05) is 10.0 Å². The van der Waals surface area contributed by atoms with Crippen molar-refractivity contribution in [3.05, 3.63) is 34.6 Å². The average Bonchev–Trinajstić information content (AvgIpc) is 2.78. The van der Waals surface area contributed by atoms with Crippen LogP contribution in [0.15, 0.2) is 33.3 Å². The highest BCUT2D eigenvalue weighted by Gasteiger charge is 2.14. The molecular weight excluding hydrogens is 270 g/mol. The van der Waals surface area contributed by atoms with Crippen LogP contribution < -0.4 is 5.32 Å². The molecule has 0 amide bonds. The monoisotopic (exact) mass is 281 g/mol. The molecule has 2 aromatic rings. The van der Waals surface area contributed by atoms with E-state index < -0.39 is 0 Å². The van der Waals surface area contributed by atoms with Gasteiger partial charge in [-0.05, 0) is 26.1 Å². The average molecular weight is 282 g/mol. The number of benzene rings is 1. The van der Waals surface area contributed by atoms with Crippen molar-refractivity contribution in [2.45, 2.75) is 13.0 Å². The molecule has 1 unspecified atom stereocenters. The zero-order chi connectivity index (χ0) is 11.5. The number of hydrogen-bond acceptors (Lipinski definition) is 4. The molecule has 1 heterocycles. The van der Waals surface area contributed by atoms with Crippen LogP contribution in [0.4, 0.5) is 0 Å². The Morgan fingerprint density at radius 2 is 2.12 bits per heavy atom. The molecule has 2 rings (SSSR count). The number of hydrogen-bond donors (Lipinski definition) is 1. The van der Waals surface area contributed by atoms with Gasteiger partial charge in [-0.25, -0.2) is 0 Å². The summed E-state index contributed by atoms with van der Waals surface area (Å²) in [7, 11) is 1.85. The predicted molar refractivity (Wildman–Crippen MR) is 64.9 cm³/mol. The lowest BCUT2D eigenvalue weighted by Gasteiger charge is -2.01. The molecule has 4 nitrogen and oxygen atoms in total. The fourth-order valence-electron chi connectivity index (χ4n) is 1.29. The lowest BCUT2D eigenvalue weighted by molar-refractivity contribution is 0.347. The van der Waals surface area contributed by atoms with Crippen LogP contribution in [-0.4, -0.2) is 17.2 Å². The molecule has 0 aliphatic carbocycles. The molecule has 1 N–H and O–H groups in total. The minimum Gasteiger partial charge on any atom is -0.337 e. The van der Waals surface area contributed by atoms with Gasteiger partial charge < -0.3 is 9.84 Å². The maximum Gasteiger partial charge on any atom is 0.243 e. The topological polar surface area (TPSA) is 51.0 Å². The quantitative estimate of drug-likeness (QED) is 0.940. The van der Waals surface area contributed by atoms with Crippen molar-refractivity contribution in [1.82, 2.24) is 15.5 Å². The van der Waals surface area contributed by atoms with Crippen molar-refractivity contribution in [2.75, 3.05) is 7.05 Å². The lowest BCUT2D eigenvalue weighted by Crippen LogP contribution is -2.12. The van der Waals surface area contributed by atoms with Gasteiger partial charge in [-0.2, -0.15) is 4.98 Å². The first-order chi connectivity index (χ1) is 7.72. The van der Waals surface area contributed by atoms with Crippen LogP contribution in [0.5, 0.6) is 0 Å². The minimum atomic E-state index is 0.0590. The van der Waals surface area contributed by atoms with Crippen molar-refractivity contribution in [3.63, 3.8) is 0 Å². The standard InChI is InChI=1S/C11H12BrN3O/c1-7(13-2)11-14-10(15-16-11)8-5-3-4-6-9(8)12/h3-7,13H,1-2H3. The summed E-state index contributed by atoms with van der Waals surface area (Å²) in [6, 6.07) is 7.85. The first-order valence-corrected chi connectivity index (χ1v) is 5.77. The maximum atomic E-state index is 5.18. The predicted octanol–water partition coefficient (Wildman–Crippen LogP) is 2.78. The van der Waals surface area contributed by atoms with Gasteiger partial charge in [-0.15, -0.1) is 0 Å². The van der Waals surface area contributed by atoms with E-state index in [0.717, 1.165) is 10.0 Å². The Balaban J connectivity index is 2.35. The van der Waals surface area contributed by atoms with Crippen molar-refractivity contribution in [2.24, 2.45) is 0 Å². The summed E-state index contributed by atoms with van der Waals surface area (Å²) in [5, 5.41) is 7.01. The number of rotatable bonds is 3. The Labute approximate surface area is 102 Å². The number of nitrogens with zero attached hydrogens (tertiary/aromatic N) is 2. The second kappa shape index (κ2) is 4.76. The molecule has 0 spiro atoms. The third kappa shape index (κ3) is 2.15. The third-order valence-corrected chi connectivity index (χ3v) is 3.05. The van der Waals surface area contributed by atoms with E-state index in [0.29, 0.717) is 11.7 Å². The molecule has 5 heteroatoms. The highest BCUT2D eigenvalue weighted by Crippen LogP contribution is 2.26. The summed E-state index contributed by atoms with van der Waals surface area (Å²) in [6.07, 6.45) is 0. The molecule has 0 fully saturated rings. The van der Waals surface area contributed by atoms with Crippen LogP contribution in [0.3, 0.4) is 0 Å². The van der Waals surface area contributed by atoms with Crippen molar-refractivity contribution in [3.8, 4) is 11.4 Å². The van der Waals surface area contributed by atoms with Gasteiger partial charge in [0.1, 0.15) is 0 Å². The van der Waals surface area contributed by atoms with Crippen LogP contribution >= 0.6 is 15.9 Å². The second-order valence-corrected chi connectivity index (χ2v) is 4.30. The zero-order valence-corrected chi connectivity index (χ0v) is 10.7. The Morgan fingerprint density at radius 1 is 1.38 bits per heavy atom. The third-order valence-electron chi connectivity index (χ3n) is 2.36. The first-order valence-electron chi connectivity index (χ1n) is 4.98. The minimum absolute atomic E-state index is 0.0590. The molecule has 1 aromatic heterocycles. The van der Waals surface area contributed by atoms with Gasteiger partial charge in [0.05, 0.1) is 6.04 Å². The van der Waals surface area contributed by atoms with Crippen LogP contribution in [0, 0.1) is 0 Å². The summed E-state index contributed by atoms with van der Waals surface area (Å²) in [6.45, 7) is 1.97. The van der Waals surface area contributed by atoms with Crippen molar-refractivity contribution < 1.29 is 4.52 Å². The van der Waals surface area contributed by atoms with Crippen LogP contribution in [-0.2, 0) is 0 Å². The Morgan fingerprint density at radius 3 is 2.81 bits per heavy atom. The van der Waals surface area contributed by atoms with E-state index >= 15 is 0 Å². The second-order valence-electron chi connectivity index (χ2n) is 3.45. The molecule has 0 aliphatic heterocycles. The highest BCUT2D eigenvalue weighted by atomic mass is 79.9. The highest BCUT2D eigenvalue weighted by molar-refractivity contribution is 9.10. The summed E-state index contributed by atoms with van der Waals surface area (Å²) in [5.41, 5.74) is 0.931. The molecular formula is C11H12BrN3O. The smallest absolute Gasteiger partial charge is 0.243 e. The normalized spacial score (nSPS) is 12.7. The maximum absolute atomic E-state index is 5.18. The summed E-state index contributed by atoms with van der Waals surface area (Å²) in [4.78, 5) is 4.34. The summed E-state index contributed by atoms with van der Waals surface area (Å²) >= 11 is 3.46. The summed E-state index contributed by atoms with van der Waals surface area (Å²) < 4.78 is 6.14. The molecule has 0 saturated heterocycles. The number of aromatic nitrogens is 2. The molecule has 84 valence electrons. The molecule has 0 bridgehead atoms. The number of halogens is 1. The van der Waals surface area contributed by atoms with Crippen molar-refractivity contribution in [1.29, 1.82) is 0 Å². The van der Waals surface area contributed by atoms with Gasteiger partial charge in [0.25, 0.3) is 0 Å². The van der Waals surface area contributed by atoms with E-state index in [1.165, 1.54) is 0 Å². The SMILES string of the molecule is CNC(C)c1nc(-c2ccccc2Br)no1. The molecule has 1 atom stereocenters. The molecule has 0 saturated carbocycles. The molecule has 0 radical (unpaired) electrons. The van der Waals surface area contributed by atoms with E-state index in [1.807, 2.05) is 38.2 Å². The van der Waals surface area contributed by atoms with Gasteiger partial charge in [0.15, 0.2) is 0 Å². The molecule has 0 aliphatic rings. The van der Waals surface area contributed by atoms with Gasteiger partial charge in [0.2, 0.25) is 11.7 Å². The van der Waals surface area contributed by atoms with E-state index in [1.54, 1.807) is 0 Å². The fraction of sp³-hybridized carbons (Fsp3) is 0.273. The Hall–Kier alpha value is -1.20. The van der Waals surface area contributed by atoms with Gasteiger partial charge >= 0.3 is 0 Å². The molecule has 16 heavy (non-hydrogen) atoms. The van der Waals surface area contributed by atoms with Gasteiger partial charge in [-0.1, -0.05) is 33.2 Å². The van der Waals surface area contributed by atoms with E-state index in [2.05, 4.69) is 31.4 Å². The largest absolute Gasteiger partial charge is 0.337 e. The van der Waals surface area contributed by atoms with Gasteiger partial charge in [-0.3, -0.25) is 0 Å². The number of nitrogens with one attached hydrogen (secondary N) is 1. The van der Waals surface area contributed by atoms with Crippen LogP contribution in [0.1, 0.15) is 18.9 Å². The van der Waals surface area contributed by atoms with E-state index in [9.17, 15) is 0 Å². The van der Waals surface area contributed by atoms with Crippen molar-refractivity contribution >= 4 is 15.9 Å². The van der Waals surface area contributed by atoms with Crippen LogP contribution in [0.2, 0.25) is 0 Å². The first kappa shape index (κ1) is 11.3. The zero-order valence-electron chi connectivity index (χ0n) is 9.07. The van der Waals surface area contributed by atoms with Crippen LogP contribution in [0.25, 0.3) is 11.4 Å². The van der Waals surface area contributed by atoms with E-state index in [-0.39, 0.29) is 6.04 Å². The Bertz CT molecular complexity index is 484. The summed E-state index contributed by atoms with van der Waals surface area (Å²) in [5.74, 6) is 1.19. The Kier molecular flexibility index (Phi) is 3.36. The molecule has 1 aromatic carbocycles. The fourth-order valence-corrected chi connectivity index (χ4v) is 1.75. The van der Waals surface area contributed by atoms with E-state index in [4.69, 9.17) is 4.52 Å².